The number of hydrogen-bond acceptors (Lipinski definition) is 3. The molecule has 0 aromatic rings. The van der Waals surface area contributed by atoms with E-state index >= 15 is 0 Å². The van der Waals surface area contributed by atoms with Crippen LogP contribution >= 0.6 is 0 Å². The smallest absolute Gasteiger partial charge is 0.735 e. The van der Waals surface area contributed by atoms with Crippen LogP contribution in [0, 0.1) is 0 Å². The minimum atomic E-state index is -4.22. The third-order valence-electron chi connectivity index (χ3n) is 1.81. The van der Waals surface area contributed by atoms with Gasteiger partial charge in [0.1, 0.15) is 0 Å². The van der Waals surface area contributed by atoms with E-state index in [0.29, 0.717) is 0 Å². The molecule has 0 heterocycles. The van der Waals surface area contributed by atoms with Crippen LogP contribution in [0.15, 0.2) is 0 Å². The van der Waals surface area contributed by atoms with E-state index in [1.165, 1.54) is 19.3 Å². The Labute approximate surface area is 109 Å². The summed E-state index contributed by atoms with van der Waals surface area (Å²) in [5.41, 5.74) is 0. The molecule has 0 rings (SSSR count). The van der Waals surface area contributed by atoms with Crippen molar-refractivity contribution in [1.82, 2.24) is 4.72 Å². The van der Waals surface area contributed by atoms with E-state index in [0.717, 1.165) is 19.3 Å². The molecule has 0 saturated heterocycles. The zero-order valence-electron chi connectivity index (χ0n) is 9.08. The fourth-order valence-corrected chi connectivity index (χ4v) is 1.50. The summed E-state index contributed by atoms with van der Waals surface area (Å²) >= 11 is 0. The maximum atomic E-state index is 10.1. The predicted molar refractivity (Wildman–Crippen MR) is 51.1 cm³/mol. The monoisotopic (exact) mass is 231 g/mol. The van der Waals surface area contributed by atoms with Crippen molar-refractivity contribution in [3.63, 3.8) is 0 Å². The molecular formula is C8H18NNaO3S. The quantitative estimate of drug-likeness (QED) is 0.311. The van der Waals surface area contributed by atoms with Crippen LogP contribution in [0.4, 0.5) is 0 Å². The molecule has 80 valence electrons. The minimum Gasteiger partial charge on any atom is -0.735 e. The largest absolute Gasteiger partial charge is 1.00 e. The first kappa shape index (κ1) is 17.3. The van der Waals surface area contributed by atoms with Crippen molar-refractivity contribution < 1.29 is 42.5 Å². The van der Waals surface area contributed by atoms with Gasteiger partial charge in [0, 0.05) is 6.54 Å². The standard InChI is InChI=1S/C8H19NO3S.Na/c1-2-3-4-5-6-7-8-9-13(10,11)12;/h9H,2-8H2,1H3,(H,10,11,12);/q;+1/p-1. The Morgan fingerprint density at radius 2 is 1.57 bits per heavy atom. The number of nitrogens with one attached hydrogen (secondary N) is 1. The summed E-state index contributed by atoms with van der Waals surface area (Å²) in [4.78, 5) is 0. The second-order valence-corrected chi connectivity index (χ2v) is 4.31. The van der Waals surface area contributed by atoms with Crippen LogP contribution in [0.3, 0.4) is 0 Å². The third-order valence-corrected chi connectivity index (χ3v) is 2.37. The van der Waals surface area contributed by atoms with Crippen LogP contribution in [-0.4, -0.2) is 19.5 Å². The summed E-state index contributed by atoms with van der Waals surface area (Å²) in [7, 11) is -4.22. The van der Waals surface area contributed by atoms with Gasteiger partial charge in [-0.2, -0.15) is 0 Å². The molecule has 4 nitrogen and oxygen atoms in total. The molecule has 0 atom stereocenters. The van der Waals surface area contributed by atoms with Crippen LogP contribution in [0.25, 0.3) is 0 Å². The van der Waals surface area contributed by atoms with Gasteiger partial charge in [-0.25, -0.2) is 13.1 Å². The molecule has 0 aliphatic heterocycles. The third kappa shape index (κ3) is 15.3. The molecule has 0 unspecified atom stereocenters. The molecule has 0 fully saturated rings. The summed E-state index contributed by atoms with van der Waals surface area (Å²) in [5, 5.41) is 0. The molecular weight excluding hydrogens is 213 g/mol. The van der Waals surface area contributed by atoms with Crippen LogP contribution < -0.4 is 34.3 Å². The topological polar surface area (TPSA) is 69.2 Å². The van der Waals surface area contributed by atoms with Gasteiger partial charge in [0.25, 0.3) is 0 Å². The van der Waals surface area contributed by atoms with Crippen molar-refractivity contribution >= 4 is 10.3 Å². The Morgan fingerprint density at radius 1 is 1.07 bits per heavy atom. The van der Waals surface area contributed by atoms with Crippen LogP contribution in [0.2, 0.25) is 0 Å². The van der Waals surface area contributed by atoms with Gasteiger partial charge in [0.05, 0.1) is 0 Å². The van der Waals surface area contributed by atoms with E-state index in [4.69, 9.17) is 0 Å². The molecule has 14 heavy (non-hydrogen) atoms. The van der Waals surface area contributed by atoms with Gasteiger partial charge in [-0.05, 0) is 6.42 Å². The molecule has 0 saturated carbocycles. The fraction of sp³-hybridized carbons (Fsp3) is 1.00. The van der Waals surface area contributed by atoms with Crippen molar-refractivity contribution in [2.45, 2.75) is 45.4 Å². The molecule has 0 amide bonds. The average Bonchev–Trinajstić information content (AvgIpc) is 2.01. The average molecular weight is 231 g/mol. The van der Waals surface area contributed by atoms with Crippen molar-refractivity contribution in [2.75, 3.05) is 6.54 Å². The minimum absolute atomic E-state index is 0. The number of unbranched alkanes of at least 4 members (excludes halogenated alkanes) is 5. The van der Waals surface area contributed by atoms with Gasteiger partial charge >= 0.3 is 29.6 Å². The molecule has 0 spiro atoms. The van der Waals surface area contributed by atoms with Gasteiger partial charge in [-0.15, -0.1) is 0 Å². The Morgan fingerprint density at radius 3 is 2.07 bits per heavy atom. The zero-order valence-corrected chi connectivity index (χ0v) is 11.9. The van der Waals surface area contributed by atoms with E-state index in [1.807, 2.05) is 4.72 Å². The second kappa shape index (κ2) is 10.4. The molecule has 0 aliphatic rings. The Bertz CT molecular complexity index is 207. The number of rotatable bonds is 8. The second-order valence-electron chi connectivity index (χ2n) is 3.12. The Balaban J connectivity index is 0. The molecule has 0 aromatic heterocycles. The van der Waals surface area contributed by atoms with Crippen molar-refractivity contribution in [2.24, 2.45) is 0 Å². The van der Waals surface area contributed by atoms with Crippen molar-refractivity contribution in [3.8, 4) is 0 Å². The van der Waals surface area contributed by atoms with E-state index in [2.05, 4.69) is 6.92 Å². The van der Waals surface area contributed by atoms with E-state index < -0.39 is 10.3 Å². The fourth-order valence-electron chi connectivity index (χ4n) is 1.10. The van der Waals surface area contributed by atoms with Gasteiger partial charge in [-0.1, -0.05) is 39.0 Å². The first-order valence-corrected chi connectivity index (χ1v) is 6.17. The van der Waals surface area contributed by atoms with E-state index in [1.54, 1.807) is 0 Å². The summed E-state index contributed by atoms with van der Waals surface area (Å²) in [6.07, 6.45) is 6.49. The molecule has 0 bridgehead atoms. The maximum absolute atomic E-state index is 10.1. The Kier molecular flexibility index (Phi) is 12.8. The van der Waals surface area contributed by atoms with Crippen LogP contribution in [0.5, 0.6) is 0 Å². The predicted octanol–water partition coefficient (Wildman–Crippen LogP) is -1.60. The summed E-state index contributed by atoms with van der Waals surface area (Å²) in [6.45, 7) is 2.42. The normalized spacial score (nSPS) is 11.0. The summed E-state index contributed by atoms with van der Waals surface area (Å²) in [6, 6.07) is 0. The Hall–Kier alpha value is 0.870. The number of hydrogen-bond donors (Lipinski definition) is 1. The van der Waals surface area contributed by atoms with E-state index in [9.17, 15) is 13.0 Å². The summed E-state index contributed by atoms with van der Waals surface area (Å²) < 4.78 is 32.2. The molecule has 1 N–H and O–H groups in total. The first-order chi connectivity index (χ1) is 6.06. The summed E-state index contributed by atoms with van der Waals surface area (Å²) in [5.74, 6) is 0. The van der Waals surface area contributed by atoms with Crippen molar-refractivity contribution in [3.05, 3.63) is 0 Å². The SMILES string of the molecule is CCCCCCCCNS(=O)(=O)[O-].[Na+]. The molecule has 0 aromatic carbocycles. The maximum Gasteiger partial charge on any atom is 1.00 e. The van der Waals surface area contributed by atoms with Gasteiger partial charge < -0.3 is 4.55 Å². The van der Waals surface area contributed by atoms with Gasteiger partial charge in [-0.3, -0.25) is 0 Å². The zero-order chi connectivity index (χ0) is 10.2. The van der Waals surface area contributed by atoms with Gasteiger partial charge in [0.15, 0.2) is 10.3 Å². The van der Waals surface area contributed by atoms with Gasteiger partial charge in [0.2, 0.25) is 0 Å². The van der Waals surface area contributed by atoms with Crippen molar-refractivity contribution in [1.29, 1.82) is 0 Å². The molecule has 6 heteroatoms. The van der Waals surface area contributed by atoms with Crippen LogP contribution in [-0.2, 0) is 10.3 Å². The molecule has 0 radical (unpaired) electrons. The van der Waals surface area contributed by atoms with Crippen LogP contribution in [0.1, 0.15) is 45.4 Å². The van der Waals surface area contributed by atoms with E-state index in [-0.39, 0.29) is 36.1 Å². The molecule has 0 aliphatic carbocycles. The first-order valence-electron chi connectivity index (χ1n) is 4.76.